The molecular formula is C20H22N2O4S. The topological polar surface area (TPSA) is 88.3 Å². The zero-order valence-corrected chi connectivity index (χ0v) is 16.0. The molecule has 6 nitrogen and oxygen atoms in total. The summed E-state index contributed by atoms with van der Waals surface area (Å²) in [5.74, 6) is -0.599. The molecule has 0 aliphatic heterocycles. The van der Waals surface area contributed by atoms with Gasteiger partial charge in [-0.2, -0.15) is 4.72 Å². The predicted octanol–water partition coefficient (Wildman–Crippen LogP) is 2.93. The van der Waals surface area contributed by atoms with Crippen molar-refractivity contribution in [1.82, 2.24) is 9.71 Å². The molecule has 1 atom stereocenters. The van der Waals surface area contributed by atoms with Crippen molar-refractivity contribution in [2.24, 2.45) is 0 Å². The van der Waals surface area contributed by atoms with Crippen LogP contribution in [0, 0.1) is 6.92 Å². The zero-order valence-electron chi connectivity index (χ0n) is 15.2. The highest BCUT2D eigenvalue weighted by molar-refractivity contribution is 7.89. The van der Waals surface area contributed by atoms with Crippen molar-refractivity contribution in [3.8, 4) is 0 Å². The number of benzene rings is 2. The second kappa shape index (κ2) is 7.94. The fourth-order valence-electron chi connectivity index (χ4n) is 2.91. The molecule has 0 fully saturated rings. The summed E-state index contributed by atoms with van der Waals surface area (Å²) >= 11 is 0. The lowest BCUT2D eigenvalue weighted by molar-refractivity contribution is -0.145. The van der Waals surface area contributed by atoms with E-state index >= 15 is 0 Å². The summed E-state index contributed by atoms with van der Waals surface area (Å²) in [6.45, 7) is 3.74. The molecule has 7 heteroatoms. The Hall–Kier alpha value is -2.64. The van der Waals surface area contributed by atoms with Gasteiger partial charge in [0.15, 0.2) is 0 Å². The third-order valence-electron chi connectivity index (χ3n) is 4.30. The van der Waals surface area contributed by atoms with Crippen LogP contribution in [0.5, 0.6) is 0 Å². The van der Waals surface area contributed by atoms with E-state index in [4.69, 9.17) is 4.74 Å². The van der Waals surface area contributed by atoms with Crippen LogP contribution < -0.4 is 4.72 Å². The molecule has 0 spiro atoms. The summed E-state index contributed by atoms with van der Waals surface area (Å²) < 4.78 is 33.0. The van der Waals surface area contributed by atoms with Crippen LogP contribution in [0.15, 0.2) is 59.6 Å². The molecular weight excluding hydrogens is 364 g/mol. The quantitative estimate of drug-likeness (QED) is 0.611. The molecule has 0 radical (unpaired) electrons. The van der Waals surface area contributed by atoms with Gasteiger partial charge in [0.2, 0.25) is 10.0 Å². The Morgan fingerprint density at radius 1 is 1.15 bits per heavy atom. The lowest BCUT2D eigenvalue weighted by atomic mass is 10.1. The molecule has 0 bridgehead atoms. The number of esters is 1. The van der Waals surface area contributed by atoms with Crippen LogP contribution in [-0.2, 0) is 26.0 Å². The van der Waals surface area contributed by atoms with Crippen molar-refractivity contribution in [2.75, 3.05) is 6.61 Å². The molecule has 0 unspecified atom stereocenters. The number of aromatic amines is 1. The number of carbonyl (C=O) groups excluding carboxylic acids is 1. The minimum atomic E-state index is -3.86. The van der Waals surface area contributed by atoms with Crippen LogP contribution in [-0.4, -0.2) is 32.0 Å². The average molecular weight is 386 g/mol. The molecule has 2 aromatic carbocycles. The maximum Gasteiger partial charge on any atom is 0.324 e. The van der Waals surface area contributed by atoms with Gasteiger partial charge in [0.1, 0.15) is 6.04 Å². The van der Waals surface area contributed by atoms with Crippen molar-refractivity contribution in [1.29, 1.82) is 0 Å². The van der Waals surface area contributed by atoms with Crippen LogP contribution >= 0.6 is 0 Å². The number of sulfonamides is 1. The van der Waals surface area contributed by atoms with Gasteiger partial charge in [-0.1, -0.05) is 35.9 Å². The maximum atomic E-state index is 12.7. The zero-order chi connectivity index (χ0) is 19.4. The third kappa shape index (κ3) is 4.37. The number of para-hydroxylation sites is 1. The van der Waals surface area contributed by atoms with E-state index in [1.807, 2.05) is 31.2 Å². The predicted molar refractivity (Wildman–Crippen MR) is 104 cm³/mol. The lowest BCUT2D eigenvalue weighted by Crippen LogP contribution is -2.43. The van der Waals surface area contributed by atoms with Gasteiger partial charge in [0.05, 0.1) is 11.5 Å². The highest BCUT2D eigenvalue weighted by atomic mass is 32.2. The monoisotopic (exact) mass is 386 g/mol. The Kier molecular flexibility index (Phi) is 5.62. The molecule has 27 heavy (non-hydrogen) atoms. The molecule has 3 rings (SSSR count). The second-order valence-electron chi connectivity index (χ2n) is 6.30. The van der Waals surface area contributed by atoms with Crippen LogP contribution in [0.2, 0.25) is 0 Å². The summed E-state index contributed by atoms with van der Waals surface area (Å²) in [7, 11) is -3.86. The minimum absolute atomic E-state index is 0.112. The van der Waals surface area contributed by atoms with Gasteiger partial charge < -0.3 is 9.72 Å². The normalized spacial score (nSPS) is 12.8. The highest BCUT2D eigenvalue weighted by Crippen LogP contribution is 2.20. The number of fused-ring (bicyclic) bond motifs is 1. The molecule has 0 saturated heterocycles. The molecule has 3 aromatic rings. The Bertz CT molecular complexity index is 1040. The first-order chi connectivity index (χ1) is 12.9. The van der Waals surface area contributed by atoms with Crippen LogP contribution in [0.4, 0.5) is 0 Å². The average Bonchev–Trinajstić information content (AvgIpc) is 3.05. The smallest absolute Gasteiger partial charge is 0.324 e. The van der Waals surface area contributed by atoms with E-state index in [-0.39, 0.29) is 17.9 Å². The summed E-state index contributed by atoms with van der Waals surface area (Å²) in [5, 5.41) is 0.946. The highest BCUT2D eigenvalue weighted by Gasteiger charge is 2.28. The van der Waals surface area contributed by atoms with Crippen LogP contribution in [0.1, 0.15) is 18.1 Å². The summed E-state index contributed by atoms with van der Waals surface area (Å²) in [4.78, 5) is 15.7. The Morgan fingerprint density at radius 3 is 2.56 bits per heavy atom. The van der Waals surface area contributed by atoms with E-state index in [2.05, 4.69) is 9.71 Å². The van der Waals surface area contributed by atoms with E-state index in [1.165, 1.54) is 12.1 Å². The Labute approximate surface area is 158 Å². The van der Waals surface area contributed by atoms with Crippen molar-refractivity contribution in [3.63, 3.8) is 0 Å². The standard InChI is InChI=1S/C20H22N2O4S/c1-3-26-20(23)19(12-15-13-21-18-7-5-4-6-17(15)18)22-27(24,25)16-10-8-14(2)9-11-16/h4-11,13,19,21-22H,3,12H2,1-2H3/t19-/m1/s1. The fourth-order valence-corrected chi connectivity index (χ4v) is 4.09. The number of nitrogens with one attached hydrogen (secondary N) is 2. The maximum absolute atomic E-state index is 12.7. The van der Waals surface area contributed by atoms with E-state index < -0.39 is 22.0 Å². The number of H-pyrrole nitrogens is 1. The lowest BCUT2D eigenvalue weighted by Gasteiger charge is -2.17. The molecule has 0 saturated carbocycles. The van der Waals surface area contributed by atoms with Crippen molar-refractivity contribution < 1.29 is 17.9 Å². The Morgan fingerprint density at radius 2 is 1.85 bits per heavy atom. The number of aryl methyl sites for hydroxylation is 1. The van der Waals surface area contributed by atoms with Gasteiger partial charge in [-0.05, 0) is 37.6 Å². The number of ether oxygens (including phenoxy) is 1. The molecule has 1 heterocycles. The molecule has 0 amide bonds. The van der Waals surface area contributed by atoms with Crippen molar-refractivity contribution >= 4 is 26.9 Å². The third-order valence-corrected chi connectivity index (χ3v) is 5.79. The van der Waals surface area contributed by atoms with Crippen LogP contribution in [0.3, 0.4) is 0 Å². The molecule has 0 aliphatic rings. The summed E-state index contributed by atoms with van der Waals surface area (Å²) in [6, 6.07) is 13.1. The molecule has 0 aliphatic carbocycles. The number of hydrogen-bond donors (Lipinski definition) is 2. The Balaban J connectivity index is 1.89. The largest absolute Gasteiger partial charge is 0.465 e. The number of rotatable bonds is 7. The van der Waals surface area contributed by atoms with Gasteiger partial charge in [0, 0.05) is 23.5 Å². The second-order valence-corrected chi connectivity index (χ2v) is 8.02. The minimum Gasteiger partial charge on any atom is -0.465 e. The van der Waals surface area contributed by atoms with E-state index in [0.29, 0.717) is 0 Å². The number of aromatic nitrogens is 1. The van der Waals surface area contributed by atoms with Crippen molar-refractivity contribution in [3.05, 3.63) is 65.9 Å². The first-order valence-corrected chi connectivity index (χ1v) is 10.2. The number of carbonyl (C=O) groups is 1. The van der Waals surface area contributed by atoms with E-state index in [0.717, 1.165) is 22.0 Å². The van der Waals surface area contributed by atoms with Crippen LogP contribution in [0.25, 0.3) is 10.9 Å². The van der Waals surface area contributed by atoms with Gasteiger partial charge >= 0.3 is 5.97 Å². The van der Waals surface area contributed by atoms with E-state index in [9.17, 15) is 13.2 Å². The molecule has 1 aromatic heterocycles. The first-order valence-electron chi connectivity index (χ1n) is 8.71. The number of hydrogen-bond acceptors (Lipinski definition) is 4. The SMILES string of the molecule is CCOC(=O)[C@@H](Cc1c[nH]c2ccccc12)NS(=O)(=O)c1ccc(C)cc1. The van der Waals surface area contributed by atoms with Gasteiger partial charge in [-0.15, -0.1) is 0 Å². The summed E-state index contributed by atoms with van der Waals surface area (Å²) in [5.41, 5.74) is 2.72. The van der Waals surface area contributed by atoms with Gasteiger partial charge in [-0.25, -0.2) is 8.42 Å². The van der Waals surface area contributed by atoms with E-state index in [1.54, 1.807) is 25.3 Å². The summed E-state index contributed by atoms with van der Waals surface area (Å²) in [6.07, 6.45) is 1.98. The fraction of sp³-hybridized carbons (Fsp3) is 0.250. The molecule has 142 valence electrons. The van der Waals surface area contributed by atoms with Gasteiger partial charge in [-0.3, -0.25) is 4.79 Å². The first kappa shape index (κ1) is 19.1. The molecule has 2 N–H and O–H groups in total. The van der Waals surface area contributed by atoms with Crippen molar-refractivity contribution in [2.45, 2.75) is 31.2 Å². The van der Waals surface area contributed by atoms with Gasteiger partial charge in [0.25, 0.3) is 0 Å².